The molecule has 0 aliphatic rings. The standard InChI is InChI=1S/C21H32O3.HOP/c1-14(2)13-21(6,20(23)24)10-8-7-9-18(22)19-16(4)11-15(3)12-17(19)5;1-2/h11-12,14H,7-10,13H2,1-6H3,(H,23,24);2H. The van der Waals surface area contributed by atoms with Crippen molar-refractivity contribution in [2.45, 2.75) is 73.6 Å². The lowest BCUT2D eigenvalue weighted by molar-refractivity contribution is -0.149. The second-order valence-corrected chi connectivity index (χ2v) is 7.87. The van der Waals surface area contributed by atoms with Crippen LogP contribution in [0, 0.1) is 32.1 Å². The Morgan fingerprint density at radius 2 is 1.58 bits per heavy atom. The largest absolute Gasteiger partial charge is 0.481 e. The maximum Gasteiger partial charge on any atom is 0.309 e. The fourth-order valence-corrected chi connectivity index (χ4v) is 3.74. The summed E-state index contributed by atoms with van der Waals surface area (Å²) >= 11 is 0. The number of ketones is 1. The SMILES string of the molecule is Cc1cc(C)c(C(=O)CCCCC(C)(CC(C)C)C(=O)O)c(C)c1.O=P. The summed E-state index contributed by atoms with van der Waals surface area (Å²) in [6.07, 6.45) is 3.30. The minimum atomic E-state index is -0.729. The first kappa shape index (κ1) is 24.5. The highest BCUT2D eigenvalue weighted by atomic mass is 31.0. The zero-order valence-electron chi connectivity index (χ0n) is 16.9. The van der Waals surface area contributed by atoms with E-state index in [1.807, 2.05) is 53.7 Å². The minimum Gasteiger partial charge on any atom is -0.481 e. The Balaban J connectivity index is 0.00000301. The molecule has 0 bridgehead atoms. The Labute approximate surface area is 160 Å². The van der Waals surface area contributed by atoms with Gasteiger partial charge in [0.15, 0.2) is 5.78 Å². The fourth-order valence-electron chi connectivity index (χ4n) is 3.74. The summed E-state index contributed by atoms with van der Waals surface area (Å²) in [5.41, 5.74) is 3.39. The second kappa shape index (κ2) is 11.2. The van der Waals surface area contributed by atoms with Gasteiger partial charge in [-0.05, 0) is 64.0 Å². The predicted molar refractivity (Wildman–Crippen MR) is 108 cm³/mol. The zero-order valence-corrected chi connectivity index (χ0v) is 17.9. The molecule has 4 nitrogen and oxygen atoms in total. The third-order valence-corrected chi connectivity index (χ3v) is 4.71. The van der Waals surface area contributed by atoms with E-state index in [1.165, 1.54) is 5.56 Å². The number of unbranched alkanes of at least 4 members (excludes halogenated alkanes) is 1. The molecule has 0 saturated carbocycles. The third-order valence-electron chi connectivity index (χ3n) is 4.71. The first-order valence-corrected chi connectivity index (χ1v) is 9.52. The molecule has 0 aliphatic heterocycles. The van der Waals surface area contributed by atoms with Crippen LogP contribution in [0.15, 0.2) is 12.1 Å². The van der Waals surface area contributed by atoms with Crippen LogP contribution < -0.4 is 0 Å². The van der Waals surface area contributed by atoms with Crippen molar-refractivity contribution in [3.63, 3.8) is 0 Å². The van der Waals surface area contributed by atoms with E-state index in [0.717, 1.165) is 29.5 Å². The van der Waals surface area contributed by atoms with Gasteiger partial charge in [0.1, 0.15) is 9.12 Å². The Morgan fingerprint density at radius 3 is 2.00 bits per heavy atom. The normalized spacial score (nSPS) is 12.9. The van der Waals surface area contributed by atoms with E-state index < -0.39 is 11.4 Å². The van der Waals surface area contributed by atoms with E-state index in [4.69, 9.17) is 4.57 Å². The average molecular weight is 380 g/mol. The number of hydrogen-bond donors (Lipinski definition) is 1. The summed E-state index contributed by atoms with van der Waals surface area (Å²) in [5.74, 6) is -0.204. The zero-order chi connectivity index (χ0) is 20.5. The van der Waals surface area contributed by atoms with Gasteiger partial charge in [0.2, 0.25) is 0 Å². The maximum atomic E-state index is 12.5. The van der Waals surface area contributed by atoms with Crippen molar-refractivity contribution in [3.05, 3.63) is 34.4 Å². The molecule has 0 heterocycles. The summed E-state index contributed by atoms with van der Waals surface area (Å²) in [6, 6.07) is 4.09. The Hall–Kier alpha value is -1.54. The molecule has 0 aromatic heterocycles. The molecule has 0 spiro atoms. The molecule has 1 aromatic carbocycles. The second-order valence-electron chi connectivity index (χ2n) is 7.87. The van der Waals surface area contributed by atoms with Gasteiger partial charge >= 0.3 is 5.97 Å². The topological polar surface area (TPSA) is 71.4 Å². The highest BCUT2D eigenvalue weighted by Gasteiger charge is 2.33. The van der Waals surface area contributed by atoms with Gasteiger partial charge in [0.25, 0.3) is 0 Å². The van der Waals surface area contributed by atoms with E-state index >= 15 is 0 Å². The number of rotatable bonds is 9. The van der Waals surface area contributed by atoms with E-state index in [1.54, 1.807) is 9.12 Å². The molecule has 1 unspecified atom stereocenters. The minimum absolute atomic E-state index is 0.172. The molecule has 0 fully saturated rings. The summed E-state index contributed by atoms with van der Waals surface area (Å²) in [7, 11) is 1.72. The van der Waals surface area contributed by atoms with Gasteiger partial charge in [0.05, 0.1) is 5.41 Å². The number of aryl methyl sites for hydroxylation is 3. The van der Waals surface area contributed by atoms with Crippen LogP contribution in [0.5, 0.6) is 0 Å². The molecule has 5 heteroatoms. The summed E-state index contributed by atoms with van der Waals surface area (Å²) in [4.78, 5) is 24.1. The molecule has 0 aliphatic carbocycles. The van der Waals surface area contributed by atoms with Crippen molar-refractivity contribution < 1.29 is 19.3 Å². The van der Waals surface area contributed by atoms with Crippen LogP contribution in [-0.2, 0) is 9.36 Å². The van der Waals surface area contributed by atoms with Gasteiger partial charge in [0, 0.05) is 12.0 Å². The number of hydrogen-bond acceptors (Lipinski definition) is 3. The number of Topliss-reactive ketones (excluding diaryl/α,β-unsaturated/α-hetero) is 1. The molecule has 1 aromatic rings. The van der Waals surface area contributed by atoms with Crippen molar-refractivity contribution >= 4 is 20.9 Å². The number of carboxylic acids is 1. The Kier molecular flexibility index (Phi) is 10.6. The number of benzene rings is 1. The van der Waals surface area contributed by atoms with Gasteiger partial charge in [-0.25, -0.2) is 0 Å². The molecule has 1 rings (SSSR count). The quantitative estimate of drug-likeness (QED) is 0.326. The number of carbonyl (C=O) groups is 2. The van der Waals surface area contributed by atoms with Gasteiger partial charge in [-0.3, -0.25) is 14.2 Å². The number of carboxylic acid groups (broad SMARTS) is 1. The lowest BCUT2D eigenvalue weighted by atomic mass is 9.77. The van der Waals surface area contributed by atoms with Gasteiger partial charge in [-0.15, -0.1) is 0 Å². The third kappa shape index (κ3) is 7.37. The Bertz CT molecular complexity index is 601. The van der Waals surface area contributed by atoms with E-state index in [0.29, 0.717) is 25.2 Å². The van der Waals surface area contributed by atoms with Crippen molar-refractivity contribution in [2.24, 2.45) is 11.3 Å². The van der Waals surface area contributed by atoms with Crippen molar-refractivity contribution in [1.29, 1.82) is 0 Å². The van der Waals surface area contributed by atoms with Crippen molar-refractivity contribution in [1.82, 2.24) is 0 Å². The monoisotopic (exact) mass is 380 g/mol. The van der Waals surface area contributed by atoms with Crippen LogP contribution in [0.2, 0.25) is 0 Å². The van der Waals surface area contributed by atoms with Crippen molar-refractivity contribution in [2.75, 3.05) is 0 Å². The van der Waals surface area contributed by atoms with Gasteiger partial charge in [-0.1, -0.05) is 38.0 Å². The lowest BCUT2D eigenvalue weighted by Crippen LogP contribution is -2.29. The summed E-state index contributed by atoms with van der Waals surface area (Å²) < 4.78 is 8.06. The molecule has 1 N–H and O–H groups in total. The van der Waals surface area contributed by atoms with Gasteiger partial charge < -0.3 is 5.11 Å². The number of aliphatic carboxylic acids is 1. The van der Waals surface area contributed by atoms with Crippen LogP contribution in [0.3, 0.4) is 0 Å². The van der Waals surface area contributed by atoms with Crippen LogP contribution in [0.25, 0.3) is 0 Å². The number of carbonyl (C=O) groups excluding carboxylic acids is 1. The first-order chi connectivity index (χ1) is 12.1. The highest BCUT2D eigenvalue weighted by molar-refractivity contribution is 7.00. The molecule has 0 radical (unpaired) electrons. The van der Waals surface area contributed by atoms with Crippen LogP contribution in [0.4, 0.5) is 0 Å². The van der Waals surface area contributed by atoms with E-state index in [-0.39, 0.29) is 5.78 Å². The van der Waals surface area contributed by atoms with Crippen LogP contribution in [0.1, 0.15) is 79.9 Å². The van der Waals surface area contributed by atoms with E-state index in [2.05, 4.69) is 0 Å². The predicted octanol–water partition coefficient (Wildman–Crippen LogP) is 5.97. The molecule has 146 valence electrons. The highest BCUT2D eigenvalue weighted by Crippen LogP contribution is 2.32. The summed E-state index contributed by atoms with van der Waals surface area (Å²) in [6.45, 7) is 11.9. The van der Waals surface area contributed by atoms with Crippen molar-refractivity contribution in [3.8, 4) is 0 Å². The molecular formula is C21H33O4P. The van der Waals surface area contributed by atoms with Gasteiger partial charge in [-0.2, -0.15) is 0 Å². The molecule has 0 amide bonds. The van der Waals surface area contributed by atoms with E-state index in [9.17, 15) is 14.7 Å². The fraction of sp³-hybridized carbons (Fsp3) is 0.619. The maximum absolute atomic E-state index is 12.5. The van der Waals surface area contributed by atoms with Crippen LogP contribution in [-0.4, -0.2) is 16.9 Å². The summed E-state index contributed by atoms with van der Waals surface area (Å²) in [5, 5.41) is 9.50. The Morgan fingerprint density at radius 1 is 1.08 bits per heavy atom. The average Bonchev–Trinajstić information content (AvgIpc) is 2.51. The smallest absolute Gasteiger partial charge is 0.309 e. The molecule has 0 saturated heterocycles. The molecule has 26 heavy (non-hydrogen) atoms. The lowest BCUT2D eigenvalue weighted by Gasteiger charge is -2.26. The molecular weight excluding hydrogens is 347 g/mol. The first-order valence-electron chi connectivity index (χ1n) is 9.11. The van der Waals surface area contributed by atoms with Crippen LogP contribution >= 0.6 is 9.12 Å². The molecule has 1 atom stereocenters.